The van der Waals surface area contributed by atoms with Crippen LogP contribution in [0.2, 0.25) is 0 Å². The van der Waals surface area contributed by atoms with Crippen molar-refractivity contribution in [1.29, 1.82) is 0 Å². The zero-order chi connectivity index (χ0) is 19.5. The van der Waals surface area contributed by atoms with Crippen LogP contribution in [0.25, 0.3) is 22.7 Å². The maximum absolute atomic E-state index is 12.3. The standard InChI is InChI=1S/C23H21N3O2/c1-25(2)23(27)18-8-5-7-17(15-18)16-26-13-12-24-22(26)20-10-4-3-9-19(20)21-11-6-14-28-21/h3-15H,16H2,1-2H3. The van der Waals surface area contributed by atoms with Gasteiger partial charge >= 0.3 is 0 Å². The predicted molar refractivity (Wildman–Crippen MR) is 109 cm³/mol. The summed E-state index contributed by atoms with van der Waals surface area (Å²) in [4.78, 5) is 18.4. The average molecular weight is 371 g/mol. The van der Waals surface area contributed by atoms with Gasteiger partial charge in [0.1, 0.15) is 11.6 Å². The fourth-order valence-corrected chi connectivity index (χ4v) is 3.26. The zero-order valence-electron chi connectivity index (χ0n) is 15.9. The smallest absolute Gasteiger partial charge is 0.253 e. The highest BCUT2D eigenvalue weighted by atomic mass is 16.3. The summed E-state index contributed by atoms with van der Waals surface area (Å²) in [6.07, 6.45) is 5.42. The summed E-state index contributed by atoms with van der Waals surface area (Å²) in [5.41, 5.74) is 3.72. The number of carbonyl (C=O) groups is 1. The Bertz CT molecular complexity index is 1090. The van der Waals surface area contributed by atoms with E-state index in [2.05, 4.69) is 9.55 Å². The molecule has 0 radical (unpaired) electrons. The fraction of sp³-hybridized carbons (Fsp3) is 0.130. The molecule has 0 aliphatic rings. The van der Waals surface area contributed by atoms with E-state index in [0.717, 1.165) is 28.3 Å². The van der Waals surface area contributed by atoms with Crippen LogP contribution < -0.4 is 0 Å². The molecule has 0 fully saturated rings. The first kappa shape index (κ1) is 17.8. The van der Waals surface area contributed by atoms with Gasteiger partial charge in [0, 0.05) is 49.7 Å². The monoisotopic (exact) mass is 371 g/mol. The maximum atomic E-state index is 12.3. The first-order valence-electron chi connectivity index (χ1n) is 9.08. The lowest BCUT2D eigenvalue weighted by molar-refractivity contribution is 0.0827. The third-order valence-corrected chi connectivity index (χ3v) is 4.60. The van der Waals surface area contributed by atoms with Crippen molar-refractivity contribution >= 4 is 5.91 Å². The molecule has 5 heteroatoms. The molecular formula is C23H21N3O2. The summed E-state index contributed by atoms with van der Waals surface area (Å²) < 4.78 is 7.69. The van der Waals surface area contributed by atoms with Crippen LogP contribution in [0.3, 0.4) is 0 Å². The molecule has 1 amide bonds. The predicted octanol–water partition coefficient (Wildman–Crippen LogP) is 4.56. The molecule has 0 saturated heterocycles. The van der Waals surface area contributed by atoms with Gasteiger partial charge in [-0.05, 0) is 29.8 Å². The van der Waals surface area contributed by atoms with Gasteiger partial charge in [0.15, 0.2) is 0 Å². The van der Waals surface area contributed by atoms with E-state index in [1.165, 1.54) is 0 Å². The Kier molecular flexibility index (Phi) is 4.81. The van der Waals surface area contributed by atoms with Crippen molar-refractivity contribution in [2.75, 3.05) is 14.1 Å². The van der Waals surface area contributed by atoms with Crippen LogP contribution in [0, 0.1) is 0 Å². The van der Waals surface area contributed by atoms with Gasteiger partial charge in [0.2, 0.25) is 0 Å². The minimum absolute atomic E-state index is 0.00382. The van der Waals surface area contributed by atoms with Gasteiger partial charge in [-0.1, -0.05) is 36.4 Å². The lowest BCUT2D eigenvalue weighted by atomic mass is 10.0. The lowest BCUT2D eigenvalue weighted by Crippen LogP contribution is -2.21. The van der Waals surface area contributed by atoms with E-state index >= 15 is 0 Å². The van der Waals surface area contributed by atoms with Gasteiger partial charge in [-0.3, -0.25) is 4.79 Å². The van der Waals surface area contributed by atoms with Crippen molar-refractivity contribution in [3.05, 3.63) is 90.4 Å². The first-order valence-corrected chi connectivity index (χ1v) is 9.08. The minimum atomic E-state index is -0.00382. The summed E-state index contributed by atoms with van der Waals surface area (Å²) in [6, 6.07) is 19.6. The summed E-state index contributed by atoms with van der Waals surface area (Å²) in [7, 11) is 3.52. The highest BCUT2D eigenvalue weighted by Gasteiger charge is 2.14. The number of hydrogen-bond donors (Lipinski definition) is 0. The quantitative estimate of drug-likeness (QED) is 0.517. The van der Waals surface area contributed by atoms with Crippen LogP contribution in [-0.2, 0) is 6.54 Å². The highest BCUT2D eigenvalue weighted by Crippen LogP contribution is 2.31. The topological polar surface area (TPSA) is 51.3 Å². The molecule has 2 aromatic carbocycles. The van der Waals surface area contributed by atoms with Gasteiger partial charge in [-0.25, -0.2) is 4.98 Å². The van der Waals surface area contributed by atoms with E-state index in [0.29, 0.717) is 12.1 Å². The maximum Gasteiger partial charge on any atom is 0.253 e. The van der Waals surface area contributed by atoms with E-state index in [1.807, 2.05) is 66.9 Å². The largest absolute Gasteiger partial charge is 0.464 e. The molecule has 0 bridgehead atoms. The van der Waals surface area contributed by atoms with Crippen molar-refractivity contribution in [3.8, 4) is 22.7 Å². The van der Waals surface area contributed by atoms with Crippen molar-refractivity contribution in [2.45, 2.75) is 6.54 Å². The number of rotatable bonds is 5. The van der Waals surface area contributed by atoms with Gasteiger partial charge in [0.05, 0.1) is 6.26 Å². The fourth-order valence-electron chi connectivity index (χ4n) is 3.26. The molecule has 0 spiro atoms. The van der Waals surface area contributed by atoms with Gasteiger partial charge in [0.25, 0.3) is 5.91 Å². The molecule has 0 atom stereocenters. The first-order chi connectivity index (χ1) is 13.6. The molecule has 4 aromatic rings. The Balaban J connectivity index is 1.69. The summed E-state index contributed by atoms with van der Waals surface area (Å²) >= 11 is 0. The average Bonchev–Trinajstić information content (AvgIpc) is 3.39. The molecular weight excluding hydrogens is 350 g/mol. The van der Waals surface area contributed by atoms with Crippen LogP contribution in [0.4, 0.5) is 0 Å². The second-order valence-corrected chi connectivity index (χ2v) is 6.80. The molecule has 140 valence electrons. The van der Waals surface area contributed by atoms with Crippen LogP contribution in [0.15, 0.2) is 83.7 Å². The number of aromatic nitrogens is 2. The molecule has 2 aromatic heterocycles. The van der Waals surface area contributed by atoms with Crippen LogP contribution in [-0.4, -0.2) is 34.5 Å². The highest BCUT2D eigenvalue weighted by molar-refractivity contribution is 5.94. The van der Waals surface area contributed by atoms with Gasteiger partial charge in [-0.2, -0.15) is 0 Å². The minimum Gasteiger partial charge on any atom is -0.464 e. The van der Waals surface area contributed by atoms with Crippen molar-refractivity contribution in [3.63, 3.8) is 0 Å². The lowest BCUT2D eigenvalue weighted by Gasteiger charge is -2.13. The van der Waals surface area contributed by atoms with E-state index in [1.54, 1.807) is 31.5 Å². The molecule has 0 unspecified atom stereocenters. The number of benzene rings is 2. The van der Waals surface area contributed by atoms with Crippen molar-refractivity contribution in [1.82, 2.24) is 14.5 Å². The van der Waals surface area contributed by atoms with Crippen LogP contribution in [0.1, 0.15) is 15.9 Å². The van der Waals surface area contributed by atoms with E-state index in [-0.39, 0.29) is 5.91 Å². The molecule has 28 heavy (non-hydrogen) atoms. The molecule has 5 nitrogen and oxygen atoms in total. The van der Waals surface area contributed by atoms with Crippen LogP contribution >= 0.6 is 0 Å². The number of imidazole rings is 1. The van der Waals surface area contributed by atoms with E-state index in [4.69, 9.17) is 4.42 Å². The third-order valence-electron chi connectivity index (χ3n) is 4.60. The van der Waals surface area contributed by atoms with Crippen molar-refractivity contribution < 1.29 is 9.21 Å². The van der Waals surface area contributed by atoms with Crippen molar-refractivity contribution in [2.24, 2.45) is 0 Å². The Morgan fingerprint density at radius 1 is 1.04 bits per heavy atom. The zero-order valence-corrected chi connectivity index (χ0v) is 15.9. The van der Waals surface area contributed by atoms with Gasteiger partial charge < -0.3 is 13.9 Å². The van der Waals surface area contributed by atoms with E-state index < -0.39 is 0 Å². The Morgan fingerprint density at radius 2 is 1.86 bits per heavy atom. The summed E-state index contributed by atoms with van der Waals surface area (Å²) in [6.45, 7) is 0.621. The number of carbonyl (C=O) groups excluding carboxylic acids is 1. The summed E-state index contributed by atoms with van der Waals surface area (Å²) in [5.74, 6) is 1.66. The molecule has 0 aliphatic carbocycles. The number of hydrogen-bond acceptors (Lipinski definition) is 3. The van der Waals surface area contributed by atoms with Crippen LogP contribution in [0.5, 0.6) is 0 Å². The Hall–Kier alpha value is -3.60. The molecule has 2 heterocycles. The number of nitrogens with zero attached hydrogens (tertiary/aromatic N) is 3. The van der Waals surface area contributed by atoms with E-state index in [9.17, 15) is 4.79 Å². The molecule has 0 aliphatic heterocycles. The third kappa shape index (κ3) is 3.47. The Morgan fingerprint density at radius 3 is 2.61 bits per heavy atom. The molecule has 4 rings (SSSR count). The number of amides is 1. The second-order valence-electron chi connectivity index (χ2n) is 6.80. The number of furan rings is 1. The molecule has 0 N–H and O–H groups in total. The SMILES string of the molecule is CN(C)C(=O)c1cccc(Cn2ccnc2-c2ccccc2-c2ccco2)c1. The van der Waals surface area contributed by atoms with Gasteiger partial charge in [-0.15, -0.1) is 0 Å². The Labute approximate surface area is 163 Å². The normalized spacial score (nSPS) is 10.8. The second kappa shape index (κ2) is 7.56. The molecule has 0 saturated carbocycles. The summed E-state index contributed by atoms with van der Waals surface area (Å²) in [5, 5.41) is 0.